The van der Waals surface area contributed by atoms with Crippen LogP contribution in [0, 0.1) is 0 Å². The number of hydrogen-bond acceptors (Lipinski definition) is 4. The monoisotopic (exact) mass is 248 g/mol. The molecule has 0 unspecified atom stereocenters. The molecule has 1 aliphatic heterocycles. The SMILES string of the molecule is CC(=O)O[C@H]1C=C[C@H](OCc2ccccc2)OC1. The Balaban J connectivity index is 1.77. The van der Waals surface area contributed by atoms with Gasteiger partial charge in [-0.15, -0.1) is 0 Å². The Hall–Kier alpha value is -1.65. The largest absolute Gasteiger partial charge is 0.456 e. The van der Waals surface area contributed by atoms with Crippen LogP contribution >= 0.6 is 0 Å². The van der Waals surface area contributed by atoms with Crippen molar-refractivity contribution in [3.63, 3.8) is 0 Å². The molecule has 4 heteroatoms. The van der Waals surface area contributed by atoms with Crippen LogP contribution in [-0.2, 0) is 25.6 Å². The normalized spacial score (nSPS) is 22.7. The van der Waals surface area contributed by atoms with Gasteiger partial charge in [0.25, 0.3) is 0 Å². The lowest BCUT2D eigenvalue weighted by Crippen LogP contribution is -2.29. The van der Waals surface area contributed by atoms with Gasteiger partial charge in [-0.05, 0) is 17.7 Å². The number of hydrogen-bond donors (Lipinski definition) is 0. The molecule has 96 valence electrons. The van der Waals surface area contributed by atoms with Gasteiger partial charge in [0, 0.05) is 6.92 Å². The van der Waals surface area contributed by atoms with Gasteiger partial charge in [0.1, 0.15) is 6.10 Å². The standard InChI is InChI=1S/C14H16O4/c1-11(15)18-13-7-8-14(17-10-13)16-9-12-5-3-2-4-6-12/h2-8,13-14H,9-10H2,1H3/t13-,14+/m0/s1. The fourth-order valence-electron chi connectivity index (χ4n) is 1.66. The van der Waals surface area contributed by atoms with Crippen molar-refractivity contribution in [3.8, 4) is 0 Å². The summed E-state index contributed by atoms with van der Waals surface area (Å²) in [6.45, 7) is 2.20. The van der Waals surface area contributed by atoms with Crippen LogP contribution < -0.4 is 0 Å². The van der Waals surface area contributed by atoms with Gasteiger partial charge in [0.2, 0.25) is 0 Å². The molecule has 0 spiro atoms. The molecule has 1 aromatic carbocycles. The molecule has 0 radical (unpaired) electrons. The third kappa shape index (κ3) is 3.98. The lowest BCUT2D eigenvalue weighted by molar-refractivity contribution is -0.163. The van der Waals surface area contributed by atoms with Gasteiger partial charge >= 0.3 is 5.97 Å². The summed E-state index contributed by atoms with van der Waals surface area (Å²) in [4.78, 5) is 10.8. The average molecular weight is 248 g/mol. The van der Waals surface area contributed by atoms with E-state index in [1.165, 1.54) is 6.92 Å². The molecule has 4 nitrogen and oxygen atoms in total. The maximum atomic E-state index is 10.8. The Kier molecular flexibility index (Phi) is 4.50. The summed E-state index contributed by atoms with van der Waals surface area (Å²) in [6.07, 6.45) is 2.87. The van der Waals surface area contributed by atoms with E-state index in [0.717, 1.165) is 5.56 Å². The molecule has 2 atom stereocenters. The molecule has 0 fully saturated rings. The molecule has 0 N–H and O–H groups in total. The van der Waals surface area contributed by atoms with Crippen LogP contribution in [0.1, 0.15) is 12.5 Å². The summed E-state index contributed by atoms with van der Waals surface area (Å²) < 4.78 is 16.0. The minimum atomic E-state index is -0.378. The van der Waals surface area contributed by atoms with Crippen molar-refractivity contribution in [2.75, 3.05) is 6.61 Å². The van der Waals surface area contributed by atoms with E-state index in [-0.39, 0.29) is 18.4 Å². The zero-order chi connectivity index (χ0) is 12.8. The van der Waals surface area contributed by atoms with Crippen molar-refractivity contribution in [2.45, 2.75) is 25.9 Å². The molecule has 0 aliphatic carbocycles. The molecule has 1 aromatic rings. The molecule has 1 heterocycles. The maximum Gasteiger partial charge on any atom is 0.303 e. The average Bonchev–Trinajstić information content (AvgIpc) is 2.38. The second kappa shape index (κ2) is 6.33. The molecule has 0 saturated heterocycles. The minimum absolute atomic E-state index is 0.306. The van der Waals surface area contributed by atoms with Gasteiger partial charge in [-0.1, -0.05) is 30.3 Å². The van der Waals surface area contributed by atoms with Gasteiger partial charge < -0.3 is 14.2 Å². The molecule has 18 heavy (non-hydrogen) atoms. The molecule has 0 amide bonds. The quantitative estimate of drug-likeness (QED) is 0.604. The molecule has 2 rings (SSSR count). The first kappa shape index (κ1) is 12.8. The Bertz CT molecular complexity index is 413. The van der Waals surface area contributed by atoms with Crippen molar-refractivity contribution >= 4 is 5.97 Å². The summed E-state index contributed by atoms with van der Waals surface area (Å²) in [7, 11) is 0. The fourth-order valence-corrected chi connectivity index (χ4v) is 1.66. The smallest absolute Gasteiger partial charge is 0.303 e. The first-order valence-electron chi connectivity index (χ1n) is 5.87. The fraction of sp³-hybridized carbons (Fsp3) is 0.357. The second-order valence-corrected chi connectivity index (χ2v) is 4.03. The van der Waals surface area contributed by atoms with Gasteiger partial charge in [0.15, 0.2) is 6.29 Å². The number of carbonyl (C=O) groups is 1. The predicted octanol–water partition coefficient (Wildman–Crippen LogP) is 2.05. The molecular formula is C14H16O4. The minimum Gasteiger partial charge on any atom is -0.456 e. The molecule has 0 saturated carbocycles. The Morgan fingerprint density at radius 1 is 1.33 bits per heavy atom. The highest BCUT2D eigenvalue weighted by Gasteiger charge is 2.18. The van der Waals surface area contributed by atoms with E-state index in [1.54, 1.807) is 12.2 Å². The van der Waals surface area contributed by atoms with E-state index in [9.17, 15) is 4.79 Å². The van der Waals surface area contributed by atoms with Gasteiger partial charge in [-0.25, -0.2) is 0 Å². The third-order valence-corrected chi connectivity index (χ3v) is 2.48. The first-order chi connectivity index (χ1) is 8.74. The molecule has 0 aromatic heterocycles. The zero-order valence-corrected chi connectivity index (χ0v) is 10.2. The topological polar surface area (TPSA) is 44.8 Å². The van der Waals surface area contributed by atoms with Crippen LogP contribution in [0.25, 0.3) is 0 Å². The van der Waals surface area contributed by atoms with E-state index < -0.39 is 0 Å². The van der Waals surface area contributed by atoms with E-state index in [1.807, 2.05) is 30.3 Å². The van der Waals surface area contributed by atoms with Crippen molar-refractivity contribution < 1.29 is 19.0 Å². The number of ether oxygens (including phenoxy) is 3. The predicted molar refractivity (Wildman–Crippen MR) is 65.7 cm³/mol. The van der Waals surface area contributed by atoms with Crippen molar-refractivity contribution in [1.29, 1.82) is 0 Å². The van der Waals surface area contributed by atoms with Crippen LogP contribution in [0.4, 0.5) is 0 Å². The molecule has 1 aliphatic rings. The summed E-state index contributed by atoms with van der Waals surface area (Å²) >= 11 is 0. The van der Waals surface area contributed by atoms with Crippen molar-refractivity contribution in [1.82, 2.24) is 0 Å². The van der Waals surface area contributed by atoms with Gasteiger partial charge in [-0.2, -0.15) is 0 Å². The lowest BCUT2D eigenvalue weighted by Gasteiger charge is -2.23. The van der Waals surface area contributed by atoms with Crippen LogP contribution in [0.3, 0.4) is 0 Å². The van der Waals surface area contributed by atoms with E-state index in [4.69, 9.17) is 14.2 Å². The lowest BCUT2D eigenvalue weighted by atomic mass is 10.2. The van der Waals surface area contributed by atoms with E-state index in [0.29, 0.717) is 13.2 Å². The van der Waals surface area contributed by atoms with Crippen molar-refractivity contribution in [2.24, 2.45) is 0 Å². The molecular weight excluding hydrogens is 232 g/mol. The van der Waals surface area contributed by atoms with Crippen LogP contribution in [-0.4, -0.2) is 25.0 Å². The highest BCUT2D eigenvalue weighted by molar-refractivity contribution is 5.66. The van der Waals surface area contributed by atoms with Gasteiger partial charge in [0.05, 0.1) is 13.2 Å². The maximum absolute atomic E-state index is 10.8. The highest BCUT2D eigenvalue weighted by atomic mass is 16.7. The van der Waals surface area contributed by atoms with E-state index in [2.05, 4.69) is 0 Å². The number of benzene rings is 1. The number of esters is 1. The summed E-state index contributed by atoms with van der Waals surface area (Å²) in [5.41, 5.74) is 1.09. The van der Waals surface area contributed by atoms with Crippen LogP contribution in [0.2, 0.25) is 0 Å². The molecule has 0 bridgehead atoms. The second-order valence-electron chi connectivity index (χ2n) is 4.03. The first-order valence-corrected chi connectivity index (χ1v) is 5.87. The van der Waals surface area contributed by atoms with Crippen LogP contribution in [0.5, 0.6) is 0 Å². The zero-order valence-electron chi connectivity index (χ0n) is 10.2. The Morgan fingerprint density at radius 3 is 2.72 bits per heavy atom. The van der Waals surface area contributed by atoms with Gasteiger partial charge in [-0.3, -0.25) is 4.79 Å². The summed E-state index contributed by atoms with van der Waals surface area (Å²) in [5, 5.41) is 0. The number of carbonyl (C=O) groups excluding carboxylic acids is 1. The summed E-state index contributed by atoms with van der Waals surface area (Å²) in [6, 6.07) is 9.88. The van der Waals surface area contributed by atoms with Crippen LogP contribution in [0.15, 0.2) is 42.5 Å². The Morgan fingerprint density at radius 2 is 2.11 bits per heavy atom. The summed E-state index contributed by atoms with van der Waals surface area (Å²) in [5.74, 6) is -0.308. The third-order valence-electron chi connectivity index (χ3n) is 2.48. The number of rotatable bonds is 4. The van der Waals surface area contributed by atoms with E-state index >= 15 is 0 Å². The van der Waals surface area contributed by atoms with Crippen molar-refractivity contribution in [3.05, 3.63) is 48.0 Å². The Labute approximate surface area is 106 Å². The highest BCUT2D eigenvalue weighted by Crippen LogP contribution is 2.12.